The molecule has 116 valence electrons. The van der Waals surface area contributed by atoms with Gasteiger partial charge in [0.1, 0.15) is 5.75 Å². The summed E-state index contributed by atoms with van der Waals surface area (Å²) in [5.41, 5.74) is 0.866. The first kappa shape index (κ1) is 14.4. The lowest BCUT2D eigenvalue weighted by molar-refractivity contribution is -0.0154. The minimum Gasteiger partial charge on any atom is -0.497 e. The zero-order valence-corrected chi connectivity index (χ0v) is 11.8. The Kier molecular flexibility index (Phi) is 3.74. The number of halogens is 2. The molecular formula is C14H14F2N4O2. The molecule has 1 aliphatic rings. The van der Waals surface area contributed by atoms with Gasteiger partial charge in [0.25, 0.3) is 5.91 Å². The third-order valence-corrected chi connectivity index (χ3v) is 3.60. The molecule has 2 heterocycles. The molecule has 1 amide bonds. The maximum Gasteiger partial charge on any atom is 0.276 e. The molecule has 8 heteroatoms. The Morgan fingerprint density at radius 3 is 2.59 bits per heavy atom. The van der Waals surface area contributed by atoms with E-state index in [9.17, 15) is 13.6 Å². The summed E-state index contributed by atoms with van der Waals surface area (Å²) < 4.78 is 31.4. The van der Waals surface area contributed by atoms with E-state index in [1.165, 1.54) is 15.8 Å². The molecule has 0 unspecified atom stereocenters. The predicted molar refractivity (Wildman–Crippen MR) is 73.3 cm³/mol. The molecule has 1 aromatic heterocycles. The first-order valence-corrected chi connectivity index (χ1v) is 6.72. The molecule has 1 aliphatic heterocycles. The van der Waals surface area contributed by atoms with Crippen molar-refractivity contribution in [2.45, 2.75) is 6.43 Å². The lowest BCUT2D eigenvalue weighted by Gasteiger charge is -2.38. The number of carbonyl (C=O) groups excluding carboxylic acids is 1. The molecule has 0 N–H and O–H groups in total. The van der Waals surface area contributed by atoms with E-state index in [1.807, 2.05) is 0 Å². The van der Waals surface area contributed by atoms with Crippen LogP contribution in [0.2, 0.25) is 0 Å². The van der Waals surface area contributed by atoms with Crippen LogP contribution >= 0.6 is 0 Å². The van der Waals surface area contributed by atoms with Crippen LogP contribution in [0, 0.1) is 5.92 Å². The smallest absolute Gasteiger partial charge is 0.276 e. The molecule has 0 radical (unpaired) electrons. The molecule has 0 aliphatic carbocycles. The van der Waals surface area contributed by atoms with Crippen molar-refractivity contribution in [2.24, 2.45) is 5.92 Å². The Labute approximate surface area is 125 Å². The van der Waals surface area contributed by atoms with Crippen molar-refractivity contribution in [1.29, 1.82) is 0 Å². The van der Waals surface area contributed by atoms with Crippen molar-refractivity contribution in [3.05, 3.63) is 36.2 Å². The van der Waals surface area contributed by atoms with Gasteiger partial charge in [-0.1, -0.05) is 5.21 Å². The van der Waals surface area contributed by atoms with Gasteiger partial charge in [0, 0.05) is 13.1 Å². The Balaban J connectivity index is 1.69. The highest BCUT2D eigenvalue weighted by molar-refractivity contribution is 5.92. The number of hydrogen-bond acceptors (Lipinski definition) is 4. The number of benzene rings is 1. The average molecular weight is 308 g/mol. The second-order valence-corrected chi connectivity index (χ2v) is 5.05. The molecule has 3 rings (SSSR count). The molecular weight excluding hydrogens is 294 g/mol. The number of hydrogen-bond donors (Lipinski definition) is 0. The number of aromatic nitrogens is 3. The summed E-state index contributed by atoms with van der Waals surface area (Å²) in [7, 11) is 1.57. The normalized spacial score (nSPS) is 15.0. The van der Waals surface area contributed by atoms with Crippen molar-refractivity contribution in [2.75, 3.05) is 20.2 Å². The van der Waals surface area contributed by atoms with Crippen molar-refractivity contribution in [3.63, 3.8) is 0 Å². The minimum absolute atomic E-state index is 0.0614. The van der Waals surface area contributed by atoms with Gasteiger partial charge in [-0.05, 0) is 24.3 Å². The second-order valence-electron chi connectivity index (χ2n) is 5.05. The fourth-order valence-corrected chi connectivity index (χ4v) is 2.22. The van der Waals surface area contributed by atoms with Crippen LogP contribution in [0.3, 0.4) is 0 Å². The standard InChI is InChI=1S/C14H14F2N4O2/c1-22-11-4-2-10(3-5-11)20-8-12(17-18-20)14(21)19-6-9(7-19)13(15)16/h2-5,8-9,13H,6-7H2,1H3. The molecule has 0 spiro atoms. The summed E-state index contributed by atoms with van der Waals surface area (Å²) in [6.07, 6.45) is -0.904. The molecule has 1 saturated heterocycles. The monoisotopic (exact) mass is 308 g/mol. The quantitative estimate of drug-likeness (QED) is 0.861. The molecule has 0 saturated carbocycles. The Hall–Kier alpha value is -2.51. The summed E-state index contributed by atoms with van der Waals surface area (Å²) in [6.45, 7) is 0.123. The van der Waals surface area contributed by atoms with Gasteiger partial charge in [0.05, 0.1) is 24.9 Å². The number of likely N-dealkylation sites (tertiary alicyclic amines) is 1. The first-order chi connectivity index (χ1) is 10.6. The topological polar surface area (TPSA) is 60.2 Å². The number of nitrogens with zero attached hydrogens (tertiary/aromatic N) is 4. The number of carbonyl (C=O) groups is 1. The van der Waals surface area contributed by atoms with Crippen LogP contribution in [0.5, 0.6) is 5.75 Å². The van der Waals surface area contributed by atoms with Gasteiger partial charge in [-0.3, -0.25) is 4.79 Å². The third kappa shape index (κ3) is 2.63. The maximum absolute atomic E-state index is 12.4. The van der Waals surface area contributed by atoms with Gasteiger partial charge in [-0.25, -0.2) is 13.5 Å². The van der Waals surface area contributed by atoms with Crippen LogP contribution in [0.4, 0.5) is 8.78 Å². The molecule has 1 fully saturated rings. The highest BCUT2D eigenvalue weighted by atomic mass is 19.3. The molecule has 0 atom stereocenters. The Morgan fingerprint density at radius 2 is 2.00 bits per heavy atom. The van der Waals surface area contributed by atoms with E-state index in [0.717, 1.165) is 5.69 Å². The lowest BCUT2D eigenvalue weighted by Crippen LogP contribution is -2.52. The van der Waals surface area contributed by atoms with Gasteiger partial charge in [-0.2, -0.15) is 0 Å². The van der Waals surface area contributed by atoms with Crippen molar-refractivity contribution >= 4 is 5.91 Å². The average Bonchev–Trinajstić information content (AvgIpc) is 2.95. The molecule has 22 heavy (non-hydrogen) atoms. The maximum atomic E-state index is 12.4. The van der Waals surface area contributed by atoms with E-state index in [0.29, 0.717) is 5.75 Å². The number of ether oxygens (including phenoxy) is 1. The van der Waals surface area contributed by atoms with Crippen LogP contribution in [-0.2, 0) is 0 Å². The van der Waals surface area contributed by atoms with Gasteiger partial charge in [-0.15, -0.1) is 5.10 Å². The molecule has 0 bridgehead atoms. The first-order valence-electron chi connectivity index (χ1n) is 6.72. The highest BCUT2D eigenvalue weighted by Crippen LogP contribution is 2.24. The number of methoxy groups -OCH3 is 1. The SMILES string of the molecule is COc1ccc(-n2cc(C(=O)N3CC(C(F)F)C3)nn2)cc1. The van der Waals surface area contributed by atoms with E-state index in [4.69, 9.17) is 4.74 Å². The number of amides is 1. The van der Waals surface area contributed by atoms with E-state index < -0.39 is 12.3 Å². The van der Waals surface area contributed by atoms with E-state index in [2.05, 4.69) is 10.3 Å². The van der Waals surface area contributed by atoms with Crippen molar-refractivity contribution in [3.8, 4) is 11.4 Å². The van der Waals surface area contributed by atoms with E-state index >= 15 is 0 Å². The number of rotatable bonds is 4. The molecule has 2 aromatic rings. The largest absolute Gasteiger partial charge is 0.497 e. The fraction of sp³-hybridized carbons (Fsp3) is 0.357. The van der Waals surface area contributed by atoms with Gasteiger partial charge in [0.2, 0.25) is 6.43 Å². The Bertz CT molecular complexity index is 666. The van der Waals surface area contributed by atoms with Crippen LogP contribution in [0.25, 0.3) is 5.69 Å². The second kappa shape index (κ2) is 5.70. The summed E-state index contributed by atoms with van der Waals surface area (Å²) in [5, 5.41) is 7.70. The predicted octanol–water partition coefficient (Wildman–Crippen LogP) is 1.61. The fourth-order valence-electron chi connectivity index (χ4n) is 2.22. The Morgan fingerprint density at radius 1 is 1.32 bits per heavy atom. The summed E-state index contributed by atoms with van der Waals surface area (Å²) in [5.74, 6) is -0.406. The highest BCUT2D eigenvalue weighted by Gasteiger charge is 2.37. The van der Waals surface area contributed by atoms with Gasteiger partial charge in [0.15, 0.2) is 5.69 Å². The number of alkyl halides is 2. The van der Waals surface area contributed by atoms with Crippen LogP contribution < -0.4 is 4.74 Å². The zero-order chi connectivity index (χ0) is 15.7. The van der Waals surface area contributed by atoms with Crippen LogP contribution in [0.15, 0.2) is 30.5 Å². The minimum atomic E-state index is -2.39. The van der Waals surface area contributed by atoms with Crippen LogP contribution in [-0.4, -0.2) is 52.4 Å². The third-order valence-electron chi connectivity index (χ3n) is 3.60. The lowest BCUT2D eigenvalue weighted by atomic mass is 10.0. The van der Waals surface area contributed by atoms with Gasteiger partial charge < -0.3 is 9.64 Å². The van der Waals surface area contributed by atoms with Crippen LogP contribution in [0.1, 0.15) is 10.5 Å². The molecule has 6 nitrogen and oxygen atoms in total. The van der Waals surface area contributed by atoms with Crippen molar-refractivity contribution < 1.29 is 18.3 Å². The van der Waals surface area contributed by atoms with Crippen molar-refractivity contribution in [1.82, 2.24) is 19.9 Å². The van der Waals surface area contributed by atoms with E-state index in [-0.39, 0.29) is 24.7 Å². The summed E-state index contributed by atoms with van der Waals surface area (Å²) in [6, 6.07) is 7.08. The van der Waals surface area contributed by atoms with Gasteiger partial charge >= 0.3 is 0 Å². The van der Waals surface area contributed by atoms with E-state index in [1.54, 1.807) is 31.4 Å². The summed E-state index contributed by atoms with van der Waals surface area (Å²) in [4.78, 5) is 13.4. The molecule has 1 aromatic carbocycles. The zero-order valence-electron chi connectivity index (χ0n) is 11.8. The summed E-state index contributed by atoms with van der Waals surface area (Å²) >= 11 is 0.